The van der Waals surface area contributed by atoms with Gasteiger partial charge in [0.15, 0.2) is 0 Å². The highest BCUT2D eigenvalue weighted by Gasteiger charge is 2.08. The fourth-order valence-electron chi connectivity index (χ4n) is 2.59. The first-order valence-corrected chi connectivity index (χ1v) is 8.88. The number of aromatic nitrogens is 1. The fraction of sp³-hybridized carbons (Fsp3) is 0.706. The van der Waals surface area contributed by atoms with Gasteiger partial charge in [0.05, 0.1) is 0 Å². The van der Waals surface area contributed by atoms with Crippen LogP contribution >= 0.6 is 15.9 Å². The predicted octanol–water partition coefficient (Wildman–Crippen LogP) is 5.12. The van der Waals surface area contributed by atoms with Gasteiger partial charge >= 0.3 is 0 Å². The molecule has 0 aromatic carbocycles. The van der Waals surface area contributed by atoms with Crippen LogP contribution in [0.15, 0.2) is 22.9 Å². The van der Waals surface area contributed by atoms with Gasteiger partial charge in [-0.3, -0.25) is 4.98 Å². The number of nitrogens with one attached hydrogen (secondary N) is 1. The molecule has 3 heteroatoms. The van der Waals surface area contributed by atoms with E-state index in [-0.39, 0.29) is 0 Å². The van der Waals surface area contributed by atoms with Crippen LogP contribution in [0, 0.1) is 0 Å². The third-order valence-electron chi connectivity index (χ3n) is 3.64. The molecular weight excluding hydrogens is 312 g/mol. The van der Waals surface area contributed by atoms with E-state index in [4.69, 9.17) is 0 Å². The quantitative estimate of drug-likeness (QED) is 0.565. The Balaban J connectivity index is 2.29. The highest BCUT2D eigenvalue weighted by Crippen LogP contribution is 2.14. The van der Waals surface area contributed by atoms with Crippen LogP contribution in [0.5, 0.6) is 0 Å². The lowest BCUT2D eigenvalue weighted by atomic mass is 10.0. The maximum Gasteiger partial charge on any atom is 0.0410 e. The van der Waals surface area contributed by atoms with Crippen LogP contribution in [-0.2, 0) is 6.42 Å². The topological polar surface area (TPSA) is 24.9 Å². The third kappa shape index (κ3) is 8.01. The van der Waals surface area contributed by atoms with Gasteiger partial charge in [0.2, 0.25) is 0 Å². The average Bonchev–Trinajstić information content (AvgIpc) is 2.43. The molecule has 0 bridgehead atoms. The standard InChI is InChI=1S/C17H29BrN2/c1-3-5-6-7-8-9-10-17(20-4-2)12-15-11-16(18)14-19-13-15/h11,13-14,17,20H,3-10,12H2,1-2H3. The minimum atomic E-state index is 0.585. The Morgan fingerprint density at radius 3 is 2.55 bits per heavy atom. The van der Waals surface area contributed by atoms with Gasteiger partial charge in [-0.25, -0.2) is 0 Å². The van der Waals surface area contributed by atoms with Crippen LogP contribution in [0.4, 0.5) is 0 Å². The van der Waals surface area contributed by atoms with E-state index in [9.17, 15) is 0 Å². The van der Waals surface area contributed by atoms with Gasteiger partial charge in [0.1, 0.15) is 0 Å². The van der Waals surface area contributed by atoms with Crippen LogP contribution in [0.1, 0.15) is 64.4 Å². The molecule has 114 valence electrons. The number of likely N-dealkylation sites (N-methyl/N-ethyl adjacent to an activating group) is 1. The molecule has 0 saturated heterocycles. The Labute approximate surface area is 132 Å². The summed E-state index contributed by atoms with van der Waals surface area (Å²) >= 11 is 3.50. The van der Waals surface area contributed by atoms with Crippen molar-refractivity contribution in [1.82, 2.24) is 10.3 Å². The van der Waals surface area contributed by atoms with E-state index in [1.807, 2.05) is 12.4 Å². The Bertz CT molecular complexity index is 355. The maximum absolute atomic E-state index is 4.25. The SMILES string of the molecule is CCCCCCCCC(Cc1cncc(Br)c1)NCC. The van der Waals surface area contributed by atoms with E-state index < -0.39 is 0 Å². The molecule has 1 aromatic heterocycles. The first-order chi connectivity index (χ1) is 9.76. The fourth-order valence-corrected chi connectivity index (χ4v) is 3.00. The van der Waals surface area contributed by atoms with Crippen LogP contribution in [-0.4, -0.2) is 17.6 Å². The van der Waals surface area contributed by atoms with Gasteiger partial charge in [0.25, 0.3) is 0 Å². The Kier molecular flexibility index (Phi) is 9.94. The highest BCUT2D eigenvalue weighted by molar-refractivity contribution is 9.10. The summed E-state index contributed by atoms with van der Waals surface area (Å²) in [6.07, 6.45) is 14.4. The number of unbranched alkanes of at least 4 members (excludes halogenated alkanes) is 5. The molecule has 1 N–H and O–H groups in total. The number of hydrogen-bond donors (Lipinski definition) is 1. The smallest absolute Gasteiger partial charge is 0.0410 e. The van der Waals surface area contributed by atoms with Crippen molar-refractivity contribution in [2.45, 2.75) is 71.3 Å². The van der Waals surface area contributed by atoms with Crippen molar-refractivity contribution in [2.75, 3.05) is 6.54 Å². The summed E-state index contributed by atoms with van der Waals surface area (Å²) in [5, 5.41) is 3.61. The van der Waals surface area contributed by atoms with E-state index in [0.29, 0.717) is 6.04 Å². The summed E-state index contributed by atoms with van der Waals surface area (Å²) in [7, 11) is 0. The van der Waals surface area contributed by atoms with E-state index in [2.05, 4.69) is 46.1 Å². The number of halogens is 1. The Morgan fingerprint density at radius 2 is 1.85 bits per heavy atom. The maximum atomic E-state index is 4.25. The third-order valence-corrected chi connectivity index (χ3v) is 4.08. The van der Waals surface area contributed by atoms with Gasteiger partial charge in [-0.1, -0.05) is 52.4 Å². The molecule has 0 aliphatic rings. The van der Waals surface area contributed by atoms with Crippen molar-refractivity contribution in [1.29, 1.82) is 0 Å². The zero-order valence-corrected chi connectivity index (χ0v) is 14.6. The van der Waals surface area contributed by atoms with Gasteiger partial charge < -0.3 is 5.32 Å². The second kappa shape index (κ2) is 11.3. The molecular formula is C17H29BrN2. The number of rotatable bonds is 11. The van der Waals surface area contributed by atoms with Crippen molar-refractivity contribution in [3.63, 3.8) is 0 Å². The first-order valence-electron chi connectivity index (χ1n) is 8.09. The summed E-state index contributed by atoms with van der Waals surface area (Å²) in [5.74, 6) is 0. The molecule has 0 spiro atoms. The lowest BCUT2D eigenvalue weighted by molar-refractivity contribution is 0.459. The summed E-state index contributed by atoms with van der Waals surface area (Å²) in [5.41, 5.74) is 1.32. The molecule has 0 amide bonds. The van der Waals surface area contributed by atoms with Crippen LogP contribution in [0.25, 0.3) is 0 Å². The van der Waals surface area contributed by atoms with E-state index in [1.165, 1.54) is 50.5 Å². The zero-order valence-electron chi connectivity index (χ0n) is 13.0. The monoisotopic (exact) mass is 340 g/mol. The largest absolute Gasteiger partial charge is 0.314 e. The van der Waals surface area contributed by atoms with Crippen molar-refractivity contribution in [3.05, 3.63) is 28.5 Å². The minimum absolute atomic E-state index is 0.585. The summed E-state index contributed by atoms with van der Waals surface area (Å²) in [6, 6.07) is 2.76. The van der Waals surface area contributed by atoms with Gasteiger partial charge in [-0.2, -0.15) is 0 Å². The van der Waals surface area contributed by atoms with E-state index in [0.717, 1.165) is 17.4 Å². The van der Waals surface area contributed by atoms with Crippen molar-refractivity contribution < 1.29 is 0 Å². The Hall–Kier alpha value is -0.410. The summed E-state index contributed by atoms with van der Waals surface area (Å²) < 4.78 is 1.07. The highest BCUT2D eigenvalue weighted by atomic mass is 79.9. The number of pyridine rings is 1. The molecule has 0 aliphatic carbocycles. The second-order valence-electron chi connectivity index (χ2n) is 5.53. The lowest BCUT2D eigenvalue weighted by Crippen LogP contribution is -2.31. The molecule has 20 heavy (non-hydrogen) atoms. The van der Waals surface area contributed by atoms with Gasteiger partial charge in [-0.15, -0.1) is 0 Å². The van der Waals surface area contributed by atoms with Gasteiger partial charge in [0, 0.05) is 22.9 Å². The van der Waals surface area contributed by atoms with Crippen LogP contribution in [0.2, 0.25) is 0 Å². The van der Waals surface area contributed by atoms with E-state index in [1.54, 1.807) is 0 Å². The molecule has 1 aromatic rings. The van der Waals surface area contributed by atoms with E-state index >= 15 is 0 Å². The lowest BCUT2D eigenvalue weighted by Gasteiger charge is -2.18. The zero-order chi connectivity index (χ0) is 14.6. The molecule has 1 rings (SSSR count). The van der Waals surface area contributed by atoms with Gasteiger partial charge in [-0.05, 0) is 46.9 Å². The molecule has 0 fully saturated rings. The first kappa shape index (κ1) is 17.6. The molecule has 0 saturated carbocycles. The molecule has 1 heterocycles. The van der Waals surface area contributed by atoms with Crippen LogP contribution in [0.3, 0.4) is 0 Å². The summed E-state index contributed by atoms with van der Waals surface area (Å²) in [4.78, 5) is 4.25. The summed E-state index contributed by atoms with van der Waals surface area (Å²) in [6.45, 7) is 5.50. The van der Waals surface area contributed by atoms with Crippen molar-refractivity contribution in [2.24, 2.45) is 0 Å². The van der Waals surface area contributed by atoms with Crippen molar-refractivity contribution in [3.8, 4) is 0 Å². The average molecular weight is 341 g/mol. The number of nitrogens with zero attached hydrogens (tertiary/aromatic N) is 1. The molecule has 0 radical (unpaired) electrons. The molecule has 1 unspecified atom stereocenters. The predicted molar refractivity (Wildman–Crippen MR) is 91.1 cm³/mol. The molecule has 1 atom stereocenters. The molecule has 2 nitrogen and oxygen atoms in total. The Morgan fingerprint density at radius 1 is 1.10 bits per heavy atom. The molecule has 0 aliphatic heterocycles. The number of hydrogen-bond acceptors (Lipinski definition) is 2. The second-order valence-corrected chi connectivity index (χ2v) is 6.44. The van der Waals surface area contributed by atoms with Crippen LogP contribution < -0.4 is 5.32 Å². The minimum Gasteiger partial charge on any atom is -0.314 e. The van der Waals surface area contributed by atoms with Crippen molar-refractivity contribution >= 4 is 15.9 Å². The normalized spacial score (nSPS) is 12.6.